The summed E-state index contributed by atoms with van der Waals surface area (Å²) in [6, 6.07) is 0. The van der Waals surface area contributed by atoms with Crippen LogP contribution < -0.4 is 5.32 Å². The summed E-state index contributed by atoms with van der Waals surface area (Å²) in [5, 5.41) is 12.1. The lowest BCUT2D eigenvalue weighted by Crippen LogP contribution is -2.50. The topological polar surface area (TPSA) is 49.3 Å². The summed E-state index contributed by atoms with van der Waals surface area (Å²) in [6.07, 6.45) is 0. The summed E-state index contributed by atoms with van der Waals surface area (Å²) in [6.45, 7) is 6.98. The number of carbonyl (C=O) groups is 1. The van der Waals surface area contributed by atoms with Gasteiger partial charge in [0.15, 0.2) is 0 Å². The van der Waals surface area contributed by atoms with Crippen LogP contribution in [0, 0.1) is 17.3 Å². The normalized spacial score (nSPS) is 48.6. The molecule has 0 bridgehead atoms. The fraction of sp³-hybridized carbons (Fsp3) is 0.889. The van der Waals surface area contributed by atoms with E-state index < -0.39 is 11.5 Å². The first-order valence-corrected chi connectivity index (χ1v) is 4.39. The van der Waals surface area contributed by atoms with Gasteiger partial charge < -0.3 is 10.4 Å². The Bertz CT molecular complexity index is 249. The molecule has 0 amide bonds. The molecule has 1 saturated heterocycles. The second-order valence-electron chi connectivity index (χ2n) is 4.79. The highest BCUT2D eigenvalue weighted by Crippen LogP contribution is 2.65. The van der Waals surface area contributed by atoms with Gasteiger partial charge in [-0.15, -0.1) is 0 Å². The van der Waals surface area contributed by atoms with Crippen molar-refractivity contribution in [1.29, 1.82) is 0 Å². The average molecular weight is 169 g/mol. The Balaban J connectivity index is 2.27. The van der Waals surface area contributed by atoms with E-state index in [0.717, 1.165) is 6.54 Å². The Morgan fingerprint density at radius 2 is 2.08 bits per heavy atom. The number of aliphatic carboxylic acids is 1. The first-order valence-electron chi connectivity index (χ1n) is 4.39. The number of nitrogens with one attached hydrogen (secondary N) is 1. The lowest BCUT2D eigenvalue weighted by Gasteiger charge is -2.25. The second-order valence-corrected chi connectivity index (χ2v) is 4.79. The number of carboxylic acid groups (broad SMARTS) is 1. The van der Waals surface area contributed by atoms with Crippen molar-refractivity contribution in [3.8, 4) is 0 Å². The lowest BCUT2D eigenvalue weighted by atomic mass is 9.91. The second kappa shape index (κ2) is 1.84. The van der Waals surface area contributed by atoms with Crippen LogP contribution in [-0.2, 0) is 4.79 Å². The first kappa shape index (κ1) is 8.05. The zero-order valence-corrected chi connectivity index (χ0v) is 7.72. The molecule has 2 aliphatic rings. The Kier molecular flexibility index (Phi) is 1.24. The molecule has 2 rings (SSSR count). The highest BCUT2D eigenvalue weighted by atomic mass is 16.4. The number of carboxylic acids is 1. The van der Waals surface area contributed by atoms with E-state index in [1.54, 1.807) is 6.92 Å². The Morgan fingerprint density at radius 3 is 2.33 bits per heavy atom. The van der Waals surface area contributed by atoms with Crippen LogP contribution in [0.25, 0.3) is 0 Å². The summed E-state index contributed by atoms with van der Waals surface area (Å²) in [4.78, 5) is 11.0. The van der Waals surface area contributed by atoms with E-state index in [0.29, 0.717) is 11.8 Å². The molecule has 3 heteroatoms. The summed E-state index contributed by atoms with van der Waals surface area (Å²) in [7, 11) is 0. The van der Waals surface area contributed by atoms with Crippen LogP contribution in [0.1, 0.15) is 20.8 Å². The smallest absolute Gasteiger partial charge is 0.323 e. The van der Waals surface area contributed by atoms with E-state index >= 15 is 0 Å². The third-order valence-electron chi connectivity index (χ3n) is 3.81. The van der Waals surface area contributed by atoms with E-state index in [1.807, 2.05) is 0 Å². The van der Waals surface area contributed by atoms with E-state index in [2.05, 4.69) is 19.2 Å². The van der Waals surface area contributed by atoms with Crippen LogP contribution >= 0.6 is 0 Å². The van der Waals surface area contributed by atoms with Crippen LogP contribution in [0.3, 0.4) is 0 Å². The predicted octanol–water partition coefficient (Wildman–Crippen LogP) is 0.705. The van der Waals surface area contributed by atoms with Crippen LogP contribution in [0.15, 0.2) is 0 Å². The van der Waals surface area contributed by atoms with Crippen molar-refractivity contribution in [3.05, 3.63) is 0 Å². The molecule has 2 N–H and O–H groups in total. The van der Waals surface area contributed by atoms with Gasteiger partial charge in [-0.05, 0) is 30.7 Å². The largest absolute Gasteiger partial charge is 0.480 e. The molecule has 0 spiro atoms. The SMILES string of the molecule is CC1(C)[C@H]2[C@@H]1CN[C@]2(C)C(=O)O. The molecule has 1 aliphatic carbocycles. The van der Waals surface area contributed by atoms with E-state index in [1.165, 1.54) is 0 Å². The van der Waals surface area contributed by atoms with Crippen LogP contribution in [0.5, 0.6) is 0 Å². The van der Waals surface area contributed by atoms with Crippen molar-refractivity contribution in [1.82, 2.24) is 5.32 Å². The summed E-state index contributed by atoms with van der Waals surface area (Å²) >= 11 is 0. The molecule has 3 nitrogen and oxygen atoms in total. The minimum absolute atomic E-state index is 0.235. The Labute approximate surface area is 72.2 Å². The van der Waals surface area contributed by atoms with Crippen molar-refractivity contribution < 1.29 is 9.90 Å². The number of hydrogen-bond acceptors (Lipinski definition) is 2. The third kappa shape index (κ3) is 0.678. The van der Waals surface area contributed by atoms with Gasteiger partial charge in [0.1, 0.15) is 5.54 Å². The molecule has 1 aliphatic heterocycles. The molecule has 0 aromatic rings. The maximum absolute atomic E-state index is 11.0. The number of fused-ring (bicyclic) bond motifs is 1. The number of rotatable bonds is 1. The maximum Gasteiger partial charge on any atom is 0.323 e. The molecule has 0 unspecified atom stereocenters. The molecule has 2 fully saturated rings. The predicted molar refractivity (Wildman–Crippen MR) is 44.8 cm³/mol. The van der Waals surface area contributed by atoms with Crippen molar-refractivity contribution in [2.75, 3.05) is 6.54 Å². The average Bonchev–Trinajstić information content (AvgIpc) is 2.37. The lowest BCUT2D eigenvalue weighted by molar-refractivity contribution is -0.144. The quantitative estimate of drug-likeness (QED) is 0.607. The molecule has 0 radical (unpaired) electrons. The number of piperidine rings is 1. The molecule has 0 aromatic heterocycles. The van der Waals surface area contributed by atoms with E-state index in [4.69, 9.17) is 5.11 Å². The molecule has 0 aromatic carbocycles. The van der Waals surface area contributed by atoms with Gasteiger partial charge >= 0.3 is 5.97 Å². The van der Waals surface area contributed by atoms with Gasteiger partial charge in [-0.25, -0.2) is 0 Å². The van der Waals surface area contributed by atoms with Gasteiger partial charge in [-0.3, -0.25) is 4.79 Å². The molecular formula is C9H15NO2. The molecule has 3 atom stereocenters. The summed E-state index contributed by atoms with van der Waals surface area (Å²) in [5.74, 6) is 0.182. The van der Waals surface area contributed by atoms with Gasteiger partial charge in [0.25, 0.3) is 0 Å². The molecule has 12 heavy (non-hydrogen) atoms. The molecular weight excluding hydrogens is 154 g/mol. The van der Waals surface area contributed by atoms with Crippen molar-refractivity contribution >= 4 is 5.97 Å². The molecule has 68 valence electrons. The van der Waals surface area contributed by atoms with Crippen molar-refractivity contribution in [3.63, 3.8) is 0 Å². The zero-order chi connectivity index (χ0) is 9.15. The van der Waals surface area contributed by atoms with Gasteiger partial charge in [-0.1, -0.05) is 13.8 Å². The first-order chi connectivity index (χ1) is 5.40. The zero-order valence-electron chi connectivity index (χ0n) is 7.72. The number of hydrogen-bond donors (Lipinski definition) is 2. The van der Waals surface area contributed by atoms with Crippen LogP contribution in [-0.4, -0.2) is 23.2 Å². The van der Waals surface area contributed by atoms with Crippen LogP contribution in [0.4, 0.5) is 0 Å². The minimum atomic E-state index is -0.708. The van der Waals surface area contributed by atoms with E-state index in [9.17, 15) is 4.79 Å². The fourth-order valence-corrected chi connectivity index (χ4v) is 2.91. The monoisotopic (exact) mass is 169 g/mol. The fourth-order valence-electron chi connectivity index (χ4n) is 2.91. The van der Waals surface area contributed by atoms with Crippen LogP contribution in [0.2, 0.25) is 0 Å². The standard InChI is InChI=1S/C9H15NO2/c1-8(2)5-4-10-9(3,6(5)8)7(11)12/h5-6,10H,4H2,1-3H3,(H,11,12)/t5-,6+,9-/m0/s1. The Hall–Kier alpha value is -0.570. The summed E-state index contributed by atoms with van der Waals surface area (Å²) < 4.78 is 0. The minimum Gasteiger partial charge on any atom is -0.480 e. The van der Waals surface area contributed by atoms with Gasteiger partial charge in [0.2, 0.25) is 0 Å². The van der Waals surface area contributed by atoms with Gasteiger partial charge in [0, 0.05) is 0 Å². The Morgan fingerprint density at radius 1 is 1.50 bits per heavy atom. The third-order valence-corrected chi connectivity index (χ3v) is 3.81. The highest BCUT2D eigenvalue weighted by Gasteiger charge is 2.71. The maximum atomic E-state index is 11.0. The van der Waals surface area contributed by atoms with Gasteiger partial charge in [-0.2, -0.15) is 0 Å². The highest BCUT2D eigenvalue weighted by molar-refractivity contribution is 5.80. The van der Waals surface area contributed by atoms with Crippen molar-refractivity contribution in [2.24, 2.45) is 17.3 Å². The molecule has 1 heterocycles. The van der Waals surface area contributed by atoms with Crippen molar-refractivity contribution in [2.45, 2.75) is 26.3 Å². The summed E-state index contributed by atoms with van der Waals surface area (Å²) in [5.41, 5.74) is -0.438. The molecule has 1 saturated carbocycles. The van der Waals surface area contributed by atoms with E-state index in [-0.39, 0.29) is 5.41 Å². The van der Waals surface area contributed by atoms with Gasteiger partial charge in [0.05, 0.1) is 0 Å².